The second-order valence-electron chi connectivity index (χ2n) is 3.75. The fourth-order valence-corrected chi connectivity index (χ4v) is 1.23. The Balaban J connectivity index is 2.39. The van der Waals surface area contributed by atoms with Crippen LogP contribution in [0.2, 0.25) is 0 Å². The Morgan fingerprint density at radius 3 is 2.94 bits per heavy atom. The van der Waals surface area contributed by atoms with Crippen LogP contribution in [0.5, 0.6) is 0 Å². The third kappa shape index (κ3) is 3.94. The first-order valence-electron chi connectivity index (χ1n) is 5.14. The Morgan fingerprint density at radius 1 is 1.56 bits per heavy atom. The Kier molecular flexibility index (Phi) is 4.85. The third-order valence-electron chi connectivity index (χ3n) is 2.04. The average molecular weight is 225 g/mol. The normalized spacial score (nSPS) is 10.5. The van der Waals surface area contributed by atoms with E-state index in [1.807, 2.05) is 19.0 Å². The first-order chi connectivity index (χ1) is 7.61. The number of aromatic nitrogens is 1. The van der Waals surface area contributed by atoms with Gasteiger partial charge in [-0.3, -0.25) is 4.79 Å². The molecule has 0 spiro atoms. The van der Waals surface area contributed by atoms with Crippen molar-refractivity contribution in [3.05, 3.63) is 29.8 Å². The lowest BCUT2D eigenvalue weighted by atomic mass is 10.3. The summed E-state index contributed by atoms with van der Waals surface area (Å²) in [6.45, 7) is 1.40. The Bertz CT molecular complexity index is 355. The van der Waals surface area contributed by atoms with Crippen molar-refractivity contribution in [2.24, 2.45) is 0 Å². The molecule has 0 saturated carbocycles. The molecule has 1 heterocycles. The molecule has 0 aromatic carbocycles. The van der Waals surface area contributed by atoms with Gasteiger partial charge in [0.15, 0.2) is 11.5 Å². The molecule has 4 nitrogen and oxygen atoms in total. The predicted octanol–water partition coefficient (Wildman–Crippen LogP) is 0.902. The fourth-order valence-electron chi connectivity index (χ4n) is 1.23. The molecule has 0 bridgehead atoms. The molecule has 1 N–H and O–H groups in total. The number of carbonyl (C=O) groups is 1. The lowest BCUT2D eigenvalue weighted by Crippen LogP contribution is -2.28. The second-order valence-corrected chi connectivity index (χ2v) is 3.75. The molecule has 16 heavy (non-hydrogen) atoms. The molecular formula is C11H16FN3O. The Labute approximate surface area is 94.5 Å². The van der Waals surface area contributed by atoms with Crippen molar-refractivity contribution < 1.29 is 9.18 Å². The summed E-state index contributed by atoms with van der Waals surface area (Å²) >= 11 is 0. The van der Waals surface area contributed by atoms with E-state index in [1.54, 1.807) is 0 Å². The zero-order valence-corrected chi connectivity index (χ0v) is 9.53. The molecular weight excluding hydrogens is 209 g/mol. The third-order valence-corrected chi connectivity index (χ3v) is 2.04. The predicted molar refractivity (Wildman–Crippen MR) is 59.7 cm³/mol. The monoisotopic (exact) mass is 225 g/mol. The Hall–Kier alpha value is -1.49. The van der Waals surface area contributed by atoms with E-state index in [0.717, 1.165) is 13.0 Å². The number of carbonyl (C=O) groups excluding carboxylic acids is 1. The van der Waals surface area contributed by atoms with Crippen molar-refractivity contribution >= 4 is 5.91 Å². The number of hydrogen-bond donors (Lipinski definition) is 1. The van der Waals surface area contributed by atoms with Gasteiger partial charge in [-0.25, -0.2) is 9.37 Å². The fraction of sp³-hybridized carbons (Fsp3) is 0.455. The quantitative estimate of drug-likeness (QED) is 0.757. The number of halogens is 1. The number of nitrogens with one attached hydrogen (secondary N) is 1. The van der Waals surface area contributed by atoms with Crippen LogP contribution in [0.25, 0.3) is 0 Å². The molecule has 88 valence electrons. The van der Waals surface area contributed by atoms with Gasteiger partial charge >= 0.3 is 0 Å². The van der Waals surface area contributed by atoms with E-state index in [-0.39, 0.29) is 5.69 Å². The van der Waals surface area contributed by atoms with Crippen LogP contribution in [-0.2, 0) is 0 Å². The summed E-state index contributed by atoms with van der Waals surface area (Å²) in [5.74, 6) is -1.05. The molecule has 0 aliphatic heterocycles. The number of amides is 1. The van der Waals surface area contributed by atoms with Gasteiger partial charge in [-0.05, 0) is 39.2 Å². The van der Waals surface area contributed by atoms with Crippen LogP contribution in [0, 0.1) is 5.82 Å². The van der Waals surface area contributed by atoms with E-state index >= 15 is 0 Å². The maximum atomic E-state index is 13.1. The molecule has 0 unspecified atom stereocenters. The van der Waals surface area contributed by atoms with Crippen LogP contribution < -0.4 is 5.32 Å². The highest BCUT2D eigenvalue weighted by Gasteiger charge is 2.11. The van der Waals surface area contributed by atoms with E-state index in [1.165, 1.54) is 18.3 Å². The standard InChI is InChI=1S/C11H16FN3O/c1-15(2)8-4-7-14-11(16)10-9(12)5-3-6-13-10/h3,5-6H,4,7-8H2,1-2H3,(H,14,16). The minimum atomic E-state index is -0.590. The van der Waals surface area contributed by atoms with E-state index in [9.17, 15) is 9.18 Å². The van der Waals surface area contributed by atoms with E-state index in [4.69, 9.17) is 0 Å². The lowest BCUT2D eigenvalue weighted by molar-refractivity contribution is 0.0943. The highest BCUT2D eigenvalue weighted by molar-refractivity contribution is 5.92. The van der Waals surface area contributed by atoms with Crippen molar-refractivity contribution in [2.75, 3.05) is 27.2 Å². The molecule has 0 aliphatic rings. The van der Waals surface area contributed by atoms with E-state index in [0.29, 0.717) is 6.54 Å². The van der Waals surface area contributed by atoms with Gasteiger partial charge in [0.1, 0.15) is 0 Å². The molecule has 0 aliphatic carbocycles. The first kappa shape index (κ1) is 12.6. The smallest absolute Gasteiger partial charge is 0.272 e. The van der Waals surface area contributed by atoms with Gasteiger partial charge in [0.2, 0.25) is 0 Å². The molecule has 0 fully saturated rings. The molecule has 1 aromatic rings. The lowest BCUT2D eigenvalue weighted by Gasteiger charge is -2.09. The zero-order chi connectivity index (χ0) is 12.0. The summed E-state index contributed by atoms with van der Waals surface area (Å²) in [6.07, 6.45) is 2.23. The first-order valence-corrected chi connectivity index (χ1v) is 5.14. The van der Waals surface area contributed by atoms with Crippen molar-refractivity contribution in [3.8, 4) is 0 Å². The highest BCUT2D eigenvalue weighted by atomic mass is 19.1. The number of hydrogen-bond acceptors (Lipinski definition) is 3. The number of rotatable bonds is 5. The summed E-state index contributed by atoms with van der Waals surface area (Å²) in [5.41, 5.74) is -0.146. The van der Waals surface area contributed by atoms with E-state index < -0.39 is 11.7 Å². The van der Waals surface area contributed by atoms with Crippen molar-refractivity contribution in [1.82, 2.24) is 15.2 Å². The summed E-state index contributed by atoms with van der Waals surface area (Å²) in [5, 5.41) is 2.63. The van der Waals surface area contributed by atoms with Crippen LogP contribution in [0.4, 0.5) is 4.39 Å². The van der Waals surface area contributed by atoms with Crippen molar-refractivity contribution in [2.45, 2.75) is 6.42 Å². The van der Waals surface area contributed by atoms with Gasteiger partial charge in [0.25, 0.3) is 5.91 Å². The van der Waals surface area contributed by atoms with Crippen molar-refractivity contribution in [3.63, 3.8) is 0 Å². The zero-order valence-electron chi connectivity index (χ0n) is 9.53. The summed E-state index contributed by atoms with van der Waals surface area (Å²) < 4.78 is 13.1. The van der Waals surface area contributed by atoms with Crippen LogP contribution in [0.15, 0.2) is 18.3 Å². The van der Waals surface area contributed by atoms with Crippen LogP contribution in [0.1, 0.15) is 16.9 Å². The molecule has 1 amide bonds. The summed E-state index contributed by atoms with van der Waals surface area (Å²) in [4.78, 5) is 17.2. The van der Waals surface area contributed by atoms with Gasteiger partial charge in [-0.2, -0.15) is 0 Å². The second kappa shape index (κ2) is 6.17. The molecule has 0 saturated heterocycles. The van der Waals surface area contributed by atoms with Crippen LogP contribution in [0.3, 0.4) is 0 Å². The molecule has 1 rings (SSSR count). The SMILES string of the molecule is CN(C)CCCNC(=O)c1ncccc1F. The van der Waals surface area contributed by atoms with Crippen LogP contribution in [-0.4, -0.2) is 43.0 Å². The van der Waals surface area contributed by atoms with Gasteiger partial charge in [0.05, 0.1) is 0 Å². The van der Waals surface area contributed by atoms with E-state index in [2.05, 4.69) is 10.3 Å². The minimum absolute atomic E-state index is 0.146. The summed E-state index contributed by atoms with van der Waals surface area (Å²) in [6, 6.07) is 2.68. The highest BCUT2D eigenvalue weighted by Crippen LogP contribution is 2.01. The van der Waals surface area contributed by atoms with Gasteiger partial charge < -0.3 is 10.2 Å². The molecule has 0 radical (unpaired) electrons. The number of pyridine rings is 1. The molecule has 1 aromatic heterocycles. The maximum absolute atomic E-state index is 13.1. The van der Waals surface area contributed by atoms with Gasteiger partial charge in [0, 0.05) is 12.7 Å². The van der Waals surface area contributed by atoms with Crippen molar-refractivity contribution in [1.29, 1.82) is 0 Å². The average Bonchev–Trinajstić information content (AvgIpc) is 2.24. The summed E-state index contributed by atoms with van der Waals surface area (Å²) in [7, 11) is 3.92. The maximum Gasteiger partial charge on any atom is 0.272 e. The van der Waals surface area contributed by atoms with Crippen LogP contribution >= 0.6 is 0 Å². The van der Waals surface area contributed by atoms with Gasteiger partial charge in [-0.15, -0.1) is 0 Å². The number of nitrogens with zero attached hydrogens (tertiary/aromatic N) is 2. The largest absolute Gasteiger partial charge is 0.351 e. The molecule has 5 heteroatoms. The molecule has 0 atom stereocenters. The topological polar surface area (TPSA) is 45.2 Å². The minimum Gasteiger partial charge on any atom is -0.351 e. The van der Waals surface area contributed by atoms with Gasteiger partial charge in [-0.1, -0.05) is 0 Å². The Morgan fingerprint density at radius 2 is 2.31 bits per heavy atom.